The Kier molecular flexibility index (Phi) is 3.42. The molecule has 0 amide bonds. The summed E-state index contributed by atoms with van der Waals surface area (Å²) in [5.41, 5.74) is 3.65. The summed E-state index contributed by atoms with van der Waals surface area (Å²) < 4.78 is 0. The van der Waals surface area contributed by atoms with E-state index in [1.807, 2.05) is 17.8 Å². The molecule has 0 unspecified atom stereocenters. The number of benzene rings is 1. The fourth-order valence-corrected chi connectivity index (χ4v) is 3.73. The van der Waals surface area contributed by atoms with Crippen molar-refractivity contribution < 1.29 is 0 Å². The smallest absolute Gasteiger partial charge is 0.185 e. The predicted octanol–water partition coefficient (Wildman–Crippen LogP) is 3.33. The third-order valence-electron chi connectivity index (χ3n) is 4.18. The van der Waals surface area contributed by atoms with Gasteiger partial charge >= 0.3 is 0 Å². The summed E-state index contributed by atoms with van der Waals surface area (Å²) in [5.74, 6) is 0. The monoisotopic (exact) mass is 310 g/mol. The minimum Gasteiger partial charge on any atom is -0.367 e. The Morgan fingerprint density at radius 2 is 1.77 bits per heavy atom. The largest absolute Gasteiger partial charge is 0.367 e. The summed E-state index contributed by atoms with van der Waals surface area (Å²) >= 11 is 1.72. The number of aryl methyl sites for hydroxylation is 1. The molecule has 3 heterocycles. The third kappa shape index (κ3) is 2.41. The molecule has 0 spiro atoms. The molecule has 0 bridgehead atoms. The van der Waals surface area contributed by atoms with Crippen molar-refractivity contribution in [2.24, 2.45) is 0 Å². The standard InChI is InChI=1S/C17H18N4S/c1-13-2-3-15-14(12-13)16(4-5-18-15)20-7-9-21(10-8-20)17-19-6-11-22-17/h2-6,11-12H,7-10H2,1H3. The number of rotatable bonds is 2. The van der Waals surface area contributed by atoms with E-state index in [4.69, 9.17) is 0 Å². The van der Waals surface area contributed by atoms with Crippen LogP contribution in [0.15, 0.2) is 42.0 Å². The van der Waals surface area contributed by atoms with Crippen LogP contribution in [0.1, 0.15) is 5.56 Å². The van der Waals surface area contributed by atoms with E-state index in [9.17, 15) is 0 Å². The number of thiazole rings is 1. The Hall–Kier alpha value is -2.14. The van der Waals surface area contributed by atoms with Crippen molar-refractivity contribution in [2.45, 2.75) is 6.92 Å². The van der Waals surface area contributed by atoms with Crippen LogP contribution in [0.5, 0.6) is 0 Å². The third-order valence-corrected chi connectivity index (χ3v) is 5.02. The van der Waals surface area contributed by atoms with Gasteiger partial charge in [0.05, 0.1) is 5.52 Å². The van der Waals surface area contributed by atoms with Crippen LogP contribution in [0.25, 0.3) is 10.9 Å². The van der Waals surface area contributed by atoms with Crippen molar-refractivity contribution in [1.82, 2.24) is 9.97 Å². The minimum absolute atomic E-state index is 1.02. The molecule has 3 aromatic rings. The molecule has 0 N–H and O–H groups in total. The van der Waals surface area contributed by atoms with Crippen molar-refractivity contribution >= 4 is 33.1 Å². The van der Waals surface area contributed by atoms with Gasteiger partial charge in [0.1, 0.15) is 0 Å². The van der Waals surface area contributed by atoms with Crippen LogP contribution in [0, 0.1) is 6.92 Å². The molecule has 1 saturated heterocycles. The number of piperazine rings is 1. The van der Waals surface area contributed by atoms with Crippen molar-refractivity contribution in [3.8, 4) is 0 Å². The second-order valence-electron chi connectivity index (χ2n) is 5.64. The summed E-state index contributed by atoms with van der Waals surface area (Å²) in [7, 11) is 0. The van der Waals surface area contributed by atoms with E-state index in [-0.39, 0.29) is 0 Å². The molecule has 4 nitrogen and oxygen atoms in total. The van der Waals surface area contributed by atoms with Crippen LogP contribution >= 0.6 is 11.3 Å². The molecule has 0 atom stereocenters. The first-order chi connectivity index (χ1) is 10.8. The first kappa shape index (κ1) is 13.5. The number of fused-ring (bicyclic) bond motifs is 1. The van der Waals surface area contributed by atoms with Gasteiger partial charge in [0.15, 0.2) is 5.13 Å². The fraction of sp³-hybridized carbons (Fsp3) is 0.294. The van der Waals surface area contributed by atoms with Crippen LogP contribution in [0.2, 0.25) is 0 Å². The molecule has 0 radical (unpaired) electrons. The lowest BCUT2D eigenvalue weighted by molar-refractivity contribution is 0.653. The van der Waals surface area contributed by atoms with E-state index in [2.05, 4.69) is 51.0 Å². The van der Waals surface area contributed by atoms with Gasteiger partial charge in [-0.15, -0.1) is 11.3 Å². The number of pyridine rings is 1. The van der Waals surface area contributed by atoms with Gasteiger partial charge in [-0.1, -0.05) is 11.6 Å². The molecule has 112 valence electrons. The maximum absolute atomic E-state index is 4.49. The highest BCUT2D eigenvalue weighted by Crippen LogP contribution is 2.28. The molecule has 1 aromatic carbocycles. The van der Waals surface area contributed by atoms with Gasteiger partial charge < -0.3 is 9.80 Å². The summed E-state index contributed by atoms with van der Waals surface area (Å²) in [5, 5.41) is 4.43. The molecule has 2 aromatic heterocycles. The number of anilines is 2. The van der Waals surface area contributed by atoms with E-state index >= 15 is 0 Å². The maximum atomic E-state index is 4.49. The lowest BCUT2D eigenvalue weighted by atomic mass is 10.1. The van der Waals surface area contributed by atoms with E-state index < -0.39 is 0 Å². The fourth-order valence-electron chi connectivity index (χ4n) is 3.03. The summed E-state index contributed by atoms with van der Waals surface area (Å²) in [6, 6.07) is 8.62. The Labute approximate surface area is 134 Å². The average molecular weight is 310 g/mol. The van der Waals surface area contributed by atoms with Gasteiger partial charge in [0.25, 0.3) is 0 Å². The molecule has 5 heteroatoms. The van der Waals surface area contributed by atoms with Crippen molar-refractivity contribution in [3.63, 3.8) is 0 Å². The molecule has 1 fully saturated rings. The molecule has 4 rings (SSSR count). The zero-order chi connectivity index (χ0) is 14.9. The van der Waals surface area contributed by atoms with Gasteiger partial charge in [0.2, 0.25) is 0 Å². The lowest BCUT2D eigenvalue weighted by Gasteiger charge is -2.36. The number of hydrogen-bond donors (Lipinski definition) is 0. The van der Waals surface area contributed by atoms with Gasteiger partial charge in [-0.25, -0.2) is 4.98 Å². The first-order valence-corrected chi connectivity index (χ1v) is 8.44. The van der Waals surface area contributed by atoms with Gasteiger partial charge in [0, 0.05) is 55.0 Å². The Morgan fingerprint density at radius 1 is 0.955 bits per heavy atom. The molecule has 0 aliphatic carbocycles. The molecule has 1 aliphatic rings. The second-order valence-corrected chi connectivity index (χ2v) is 6.51. The van der Waals surface area contributed by atoms with E-state index in [1.165, 1.54) is 16.6 Å². The predicted molar refractivity (Wildman–Crippen MR) is 93.0 cm³/mol. The lowest BCUT2D eigenvalue weighted by Crippen LogP contribution is -2.46. The summed E-state index contributed by atoms with van der Waals surface area (Å²) in [6.07, 6.45) is 3.80. The second kappa shape index (κ2) is 5.57. The van der Waals surface area contributed by atoms with Gasteiger partial charge in [-0.3, -0.25) is 4.98 Å². The van der Waals surface area contributed by atoms with Crippen LogP contribution in [-0.4, -0.2) is 36.1 Å². The Bertz CT molecular complexity index is 776. The average Bonchev–Trinajstić information content (AvgIpc) is 3.09. The number of aromatic nitrogens is 2. The van der Waals surface area contributed by atoms with E-state index in [0.717, 1.165) is 36.8 Å². The summed E-state index contributed by atoms with van der Waals surface area (Å²) in [6.45, 7) is 6.21. The van der Waals surface area contributed by atoms with E-state index in [0.29, 0.717) is 0 Å². The van der Waals surface area contributed by atoms with Crippen LogP contribution < -0.4 is 9.80 Å². The SMILES string of the molecule is Cc1ccc2nccc(N3CCN(c4nccs4)CC3)c2c1. The van der Waals surface area contributed by atoms with Crippen molar-refractivity contribution in [2.75, 3.05) is 36.0 Å². The van der Waals surface area contributed by atoms with Crippen molar-refractivity contribution in [3.05, 3.63) is 47.6 Å². The topological polar surface area (TPSA) is 32.3 Å². The highest BCUT2D eigenvalue weighted by Gasteiger charge is 2.20. The highest BCUT2D eigenvalue weighted by molar-refractivity contribution is 7.13. The zero-order valence-electron chi connectivity index (χ0n) is 12.6. The van der Waals surface area contributed by atoms with Crippen LogP contribution in [0.4, 0.5) is 10.8 Å². The molecular formula is C17H18N4S. The molecule has 22 heavy (non-hydrogen) atoms. The zero-order valence-corrected chi connectivity index (χ0v) is 13.4. The number of nitrogens with zero attached hydrogens (tertiary/aromatic N) is 4. The Balaban J connectivity index is 1.60. The summed E-state index contributed by atoms with van der Waals surface area (Å²) in [4.78, 5) is 13.7. The normalized spacial score (nSPS) is 15.5. The molecular weight excluding hydrogens is 292 g/mol. The molecule has 1 aliphatic heterocycles. The first-order valence-electron chi connectivity index (χ1n) is 7.56. The maximum Gasteiger partial charge on any atom is 0.185 e. The number of hydrogen-bond acceptors (Lipinski definition) is 5. The van der Waals surface area contributed by atoms with E-state index in [1.54, 1.807) is 11.3 Å². The quantitative estimate of drug-likeness (QED) is 0.727. The van der Waals surface area contributed by atoms with Crippen LogP contribution in [0.3, 0.4) is 0 Å². The molecule has 0 saturated carbocycles. The minimum atomic E-state index is 1.02. The van der Waals surface area contributed by atoms with Gasteiger partial charge in [-0.2, -0.15) is 0 Å². The highest BCUT2D eigenvalue weighted by atomic mass is 32.1. The Morgan fingerprint density at radius 3 is 2.55 bits per heavy atom. The van der Waals surface area contributed by atoms with Crippen molar-refractivity contribution in [1.29, 1.82) is 0 Å². The van der Waals surface area contributed by atoms with Gasteiger partial charge in [-0.05, 0) is 25.1 Å². The van der Waals surface area contributed by atoms with Crippen LogP contribution in [-0.2, 0) is 0 Å².